The number of hydrogen-bond donors (Lipinski definition) is 1. The number of halogens is 7. The topological polar surface area (TPSA) is 46.5 Å². The zero-order valence-corrected chi connectivity index (χ0v) is 15.6. The predicted molar refractivity (Wildman–Crippen MR) is 98.9 cm³/mol. The molecule has 0 saturated carbocycles. The second kappa shape index (κ2) is 8.54. The highest BCUT2D eigenvalue weighted by atomic mass is 19.4. The van der Waals surface area contributed by atoms with Gasteiger partial charge in [-0.1, -0.05) is 43.5 Å². The Morgan fingerprint density at radius 3 is 2.06 bits per heavy atom. The summed E-state index contributed by atoms with van der Waals surface area (Å²) < 4.78 is 95.0. The molecule has 3 nitrogen and oxygen atoms in total. The number of benzene rings is 2. The smallest absolute Gasteiger partial charge is 0.437 e. The van der Waals surface area contributed by atoms with Crippen molar-refractivity contribution in [2.75, 3.05) is 0 Å². The van der Waals surface area contributed by atoms with Crippen LogP contribution in [0.5, 0.6) is 0 Å². The zero-order valence-electron chi connectivity index (χ0n) is 15.6. The fourth-order valence-electron chi connectivity index (χ4n) is 2.68. The summed E-state index contributed by atoms with van der Waals surface area (Å²) in [5.41, 5.74) is -4.50. The Morgan fingerprint density at radius 1 is 0.935 bits per heavy atom. The van der Waals surface area contributed by atoms with Crippen LogP contribution in [-0.2, 0) is 16.1 Å². The van der Waals surface area contributed by atoms with Crippen LogP contribution in [0.1, 0.15) is 16.7 Å². The fourth-order valence-corrected chi connectivity index (χ4v) is 2.68. The van der Waals surface area contributed by atoms with Gasteiger partial charge in [-0.25, -0.2) is 9.18 Å². The molecule has 0 aliphatic heterocycles. The maximum absolute atomic E-state index is 13.8. The lowest BCUT2D eigenvalue weighted by Gasteiger charge is -2.29. The van der Waals surface area contributed by atoms with E-state index >= 15 is 0 Å². The Kier molecular flexibility index (Phi) is 6.65. The maximum Gasteiger partial charge on any atom is 0.437 e. The minimum Gasteiger partial charge on any atom is -0.458 e. The van der Waals surface area contributed by atoms with Crippen LogP contribution in [0.4, 0.5) is 30.7 Å². The Morgan fingerprint density at radius 2 is 1.55 bits per heavy atom. The molecular weight excluding hydrogens is 433 g/mol. The minimum absolute atomic E-state index is 0.0423. The van der Waals surface area contributed by atoms with Crippen LogP contribution in [0.15, 0.2) is 49.6 Å². The van der Waals surface area contributed by atoms with Crippen molar-refractivity contribution in [2.45, 2.75) is 24.6 Å². The van der Waals surface area contributed by atoms with Gasteiger partial charge < -0.3 is 9.84 Å². The van der Waals surface area contributed by atoms with Crippen LogP contribution < -0.4 is 0 Å². The summed E-state index contributed by atoms with van der Waals surface area (Å²) in [6.45, 7) is 6.06. The molecule has 0 spiro atoms. The van der Waals surface area contributed by atoms with Crippen molar-refractivity contribution in [3.63, 3.8) is 0 Å². The van der Waals surface area contributed by atoms with Crippen molar-refractivity contribution in [1.82, 2.24) is 0 Å². The minimum atomic E-state index is -6.36. The zero-order chi connectivity index (χ0) is 23.6. The van der Waals surface area contributed by atoms with Crippen LogP contribution in [0.3, 0.4) is 0 Å². The van der Waals surface area contributed by atoms with Crippen molar-refractivity contribution < 1.29 is 45.4 Å². The lowest BCUT2D eigenvalue weighted by molar-refractivity contribution is -0.357. The molecule has 0 fully saturated rings. The van der Waals surface area contributed by atoms with E-state index in [1.54, 1.807) is 0 Å². The molecule has 31 heavy (non-hydrogen) atoms. The summed E-state index contributed by atoms with van der Waals surface area (Å²) in [5, 5.41) is 9.12. The monoisotopic (exact) mass is 448 g/mol. The molecule has 0 bridgehead atoms. The van der Waals surface area contributed by atoms with Gasteiger partial charge in [-0.15, -0.1) is 0 Å². The van der Waals surface area contributed by atoms with E-state index in [9.17, 15) is 35.5 Å². The third-order valence-electron chi connectivity index (χ3n) is 4.37. The first kappa shape index (κ1) is 24.1. The average Bonchev–Trinajstić information content (AvgIpc) is 2.69. The lowest BCUT2D eigenvalue weighted by atomic mass is 9.93. The molecule has 0 saturated heterocycles. The van der Waals surface area contributed by atoms with Crippen LogP contribution in [0.25, 0.3) is 23.3 Å². The summed E-state index contributed by atoms with van der Waals surface area (Å²) in [6, 6.07) is 7.66. The van der Waals surface area contributed by atoms with Crippen LogP contribution in [0.2, 0.25) is 0 Å². The highest BCUT2D eigenvalue weighted by molar-refractivity contribution is 5.82. The molecule has 0 heterocycles. The van der Waals surface area contributed by atoms with Gasteiger partial charge in [0.25, 0.3) is 0 Å². The first-order chi connectivity index (χ1) is 14.3. The summed E-state index contributed by atoms with van der Waals surface area (Å²) in [4.78, 5) is 11.7. The Labute approximate surface area is 172 Å². The van der Waals surface area contributed by atoms with Crippen LogP contribution in [-0.4, -0.2) is 29.0 Å². The number of aliphatic hydroxyl groups is 1. The van der Waals surface area contributed by atoms with Gasteiger partial charge in [0.1, 0.15) is 12.4 Å². The van der Waals surface area contributed by atoms with Crippen LogP contribution >= 0.6 is 0 Å². The second-order valence-corrected chi connectivity index (χ2v) is 6.34. The van der Waals surface area contributed by atoms with Gasteiger partial charge in [0, 0.05) is 0 Å². The summed E-state index contributed by atoms with van der Waals surface area (Å²) in [5.74, 6) is -3.61. The van der Waals surface area contributed by atoms with Gasteiger partial charge in [-0.2, -0.15) is 26.3 Å². The van der Waals surface area contributed by atoms with Gasteiger partial charge in [-0.3, -0.25) is 0 Å². The number of esters is 1. The number of rotatable bonds is 6. The molecule has 0 aliphatic rings. The molecule has 0 atom stereocenters. The first-order valence-electron chi connectivity index (χ1n) is 8.47. The van der Waals surface area contributed by atoms with E-state index in [2.05, 4.69) is 17.9 Å². The molecule has 0 amide bonds. The van der Waals surface area contributed by atoms with E-state index in [4.69, 9.17) is 5.11 Å². The predicted octanol–water partition coefficient (Wildman–Crippen LogP) is 5.68. The van der Waals surface area contributed by atoms with E-state index in [-0.39, 0.29) is 16.7 Å². The molecule has 1 N–H and O–H groups in total. The van der Waals surface area contributed by atoms with Crippen molar-refractivity contribution in [3.05, 3.63) is 72.1 Å². The molecule has 0 unspecified atom stereocenters. The van der Waals surface area contributed by atoms with Gasteiger partial charge in [0.05, 0.1) is 0 Å². The molecule has 10 heteroatoms. The number of carbonyl (C=O) groups is 1. The van der Waals surface area contributed by atoms with Crippen molar-refractivity contribution in [3.8, 4) is 11.1 Å². The Hall–Kier alpha value is -3.14. The number of carbonyl (C=O) groups excluding carboxylic acids is 1. The van der Waals surface area contributed by atoms with E-state index in [1.165, 1.54) is 36.4 Å². The van der Waals surface area contributed by atoms with E-state index in [0.717, 1.165) is 12.1 Å². The van der Waals surface area contributed by atoms with E-state index in [1.807, 2.05) is 0 Å². The van der Waals surface area contributed by atoms with Gasteiger partial charge in [-0.05, 0) is 46.0 Å². The van der Waals surface area contributed by atoms with Crippen molar-refractivity contribution in [2.24, 2.45) is 0 Å². The molecule has 166 valence electrons. The first-order valence-corrected chi connectivity index (χ1v) is 8.47. The van der Waals surface area contributed by atoms with E-state index < -0.39 is 36.3 Å². The maximum atomic E-state index is 13.8. The highest BCUT2D eigenvalue weighted by Crippen LogP contribution is 2.44. The summed E-state index contributed by atoms with van der Waals surface area (Å²) in [6.07, 6.45) is -9.97. The van der Waals surface area contributed by atoms with Gasteiger partial charge in [0.15, 0.2) is 0 Å². The molecule has 0 radical (unpaired) electrons. The summed E-state index contributed by atoms with van der Waals surface area (Å²) >= 11 is 0. The Bertz CT molecular complexity index is 993. The molecule has 2 aromatic rings. The summed E-state index contributed by atoms with van der Waals surface area (Å²) in [7, 11) is 0. The van der Waals surface area contributed by atoms with Gasteiger partial charge in [0.2, 0.25) is 0 Å². The largest absolute Gasteiger partial charge is 0.458 e. The fraction of sp³-hybridized carbons (Fsp3) is 0.190. The second-order valence-electron chi connectivity index (χ2n) is 6.34. The molecule has 0 aromatic heterocycles. The van der Waals surface area contributed by atoms with Gasteiger partial charge >= 0.3 is 23.9 Å². The number of hydrogen-bond acceptors (Lipinski definition) is 3. The number of alkyl halides is 6. The highest BCUT2D eigenvalue weighted by Gasteiger charge is 2.76. The molecule has 0 aliphatic carbocycles. The average molecular weight is 448 g/mol. The number of ether oxygens (including phenoxy) is 1. The normalized spacial score (nSPS) is 12.4. The lowest BCUT2D eigenvalue weighted by Crippen LogP contribution is -2.62. The molecule has 2 aromatic carbocycles. The SMILES string of the molecule is C=Cc1ccc(COC(=O)C(O)(C(F)(F)F)C(F)(F)F)c(-c2cc(F)ccc2C=C)c1. The third kappa shape index (κ3) is 4.63. The third-order valence-corrected chi connectivity index (χ3v) is 4.37. The standard InChI is InChI=1S/C21H15F7O3/c1-3-12-5-6-14(16(9-12)17-10-15(22)8-7-13(17)4-2)11-31-18(29)19(30,20(23,24)25)21(26,27)28/h3-10,30H,1-2,11H2. The Balaban J connectivity index is 2.50. The quantitative estimate of drug-likeness (QED) is 0.457. The molecule has 2 rings (SSSR count). The van der Waals surface area contributed by atoms with Crippen molar-refractivity contribution >= 4 is 18.1 Å². The molecular formula is C21H15F7O3. The van der Waals surface area contributed by atoms with Crippen LogP contribution in [0, 0.1) is 5.82 Å². The van der Waals surface area contributed by atoms with Crippen molar-refractivity contribution in [1.29, 1.82) is 0 Å². The van der Waals surface area contributed by atoms with E-state index in [0.29, 0.717) is 11.1 Å².